The van der Waals surface area contributed by atoms with Gasteiger partial charge in [-0.1, -0.05) is 58.8 Å². The molecular weight excluding hydrogens is 259 g/mol. The predicted molar refractivity (Wildman–Crippen MR) is 90.3 cm³/mol. The summed E-state index contributed by atoms with van der Waals surface area (Å²) in [5, 5.41) is 0. The Hall–Kier alpha value is -0.0700. The Bertz CT molecular complexity index is 270. The summed E-state index contributed by atoms with van der Waals surface area (Å²) in [6.45, 7) is 4.41. The Morgan fingerprint density at radius 2 is 1.43 bits per heavy atom. The monoisotopic (exact) mass is 296 g/mol. The molecule has 0 aromatic carbocycles. The Labute approximate surface area is 132 Å². The quantitative estimate of drug-likeness (QED) is 0.441. The summed E-state index contributed by atoms with van der Waals surface area (Å²) in [6.07, 6.45) is 17.3. The van der Waals surface area contributed by atoms with Gasteiger partial charge >= 0.3 is 0 Å². The van der Waals surface area contributed by atoms with Crippen LogP contribution < -0.4 is 0 Å². The maximum absolute atomic E-state index is 14.5. The van der Waals surface area contributed by atoms with Gasteiger partial charge in [0.25, 0.3) is 0 Å². The van der Waals surface area contributed by atoms with E-state index in [1.54, 1.807) is 0 Å². The molecule has 0 bridgehead atoms. The minimum Gasteiger partial charge on any atom is -0.244 e. The molecule has 2 fully saturated rings. The Kier molecular flexibility index (Phi) is 7.02. The van der Waals surface area contributed by atoms with Crippen molar-refractivity contribution in [3.8, 4) is 0 Å². The lowest BCUT2D eigenvalue weighted by atomic mass is 9.67. The average molecular weight is 297 g/mol. The topological polar surface area (TPSA) is 0 Å². The van der Waals surface area contributed by atoms with Crippen LogP contribution in [0.1, 0.15) is 104 Å². The van der Waals surface area contributed by atoms with E-state index in [4.69, 9.17) is 0 Å². The molecule has 0 nitrogen and oxygen atoms in total. The number of halogens is 1. The smallest absolute Gasteiger partial charge is 0.111 e. The third-order valence-corrected chi connectivity index (χ3v) is 6.40. The van der Waals surface area contributed by atoms with Gasteiger partial charge < -0.3 is 0 Å². The number of rotatable bonds is 7. The molecule has 0 N–H and O–H groups in total. The molecule has 0 saturated heterocycles. The number of hydrogen-bond donors (Lipinski definition) is 0. The molecular formula is C20H37F. The first kappa shape index (κ1) is 17.3. The SMILES string of the molecule is CCCCCC1CCC(C2CCC(F)(CCC)CC2)CC1. The van der Waals surface area contributed by atoms with Crippen molar-refractivity contribution in [2.24, 2.45) is 17.8 Å². The molecule has 0 heterocycles. The van der Waals surface area contributed by atoms with Crippen LogP contribution in [0.4, 0.5) is 4.39 Å². The van der Waals surface area contributed by atoms with E-state index >= 15 is 0 Å². The highest BCUT2D eigenvalue weighted by atomic mass is 19.1. The van der Waals surface area contributed by atoms with Gasteiger partial charge in [0.05, 0.1) is 0 Å². The second-order valence-corrected chi connectivity index (χ2v) is 8.01. The molecule has 2 rings (SSSR count). The lowest BCUT2D eigenvalue weighted by Gasteiger charge is -2.40. The fourth-order valence-electron chi connectivity index (χ4n) is 4.96. The van der Waals surface area contributed by atoms with E-state index in [1.807, 2.05) is 0 Å². The van der Waals surface area contributed by atoms with E-state index < -0.39 is 5.67 Å². The van der Waals surface area contributed by atoms with E-state index in [0.717, 1.165) is 43.4 Å². The minimum absolute atomic E-state index is 0.796. The zero-order valence-electron chi connectivity index (χ0n) is 14.5. The highest BCUT2D eigenvalue weighted by Crippen LogP contribution is 2.45. The van der Waals surface area contributed by atoms with E-state index in [1.165, 1.54) is 64.2 Å². The molecule has 2 aliphatic carbocycles. The molecule has 0 aromatic rings. The van der Waals surface area contributed by atoms with E-state index in [9.17, 15) is 4.39 Å². The van der Waals surface area contributed by atoms with Crippen molar-refractivity contribution in [3.05, 3.63) is 0 Å². The van der Waals surface area contributed by atoms with Gasteiger partial charge in [-0.2, -0.15) is 0 Å². The summed E-state index contributed by atoms with van der Waals surface area (Å²) < 4.78 is 14.5. The maximum Gasteiger partial charge on any atom is 0.111 e. The highest BCUT2D eigenvalue weighted by molar-refractivity contribution is 4.89. The van der Waals surface area contributed by atoms with Crippen molar-refractivity contribution in [3.63, 3.8) is 0 Å². The predicted octanol–water partition coefficient (Wildman–Crippen LogP) is 7.07. The van der Waals surface area contributed by atoms with Gasteiger partial charge in [-0.05, 0) is 62.7 Å². The summed E-state index contributed by atoms with van der Waals surface area (Å²) in [7, 11) is 0. The van der Waals surface area contributed by atoms with Crippen LogP contribution in [-0.4, -0.2) is 5.67 Å². The number of hydrogen-bond acceptors (Lipinski definition) is 0. The van der Waals surface area contributed by atoms with E-state index in [2.05, 4.69) is 13.8 Å². The van der Waals surface area contributed by atoms with Gasteiger partial charge in [0, 0.05) is 0 Å². The summed E-state index contributed by atoms with van der Waals surface area (Å²) in [5.41, 5.74) is -0.803. The molecule has 0 unspecified atom stereocenters. The zero-order valence-corrected chi connectivity index (χ0v) is 14.5. The van der Waals surface area contributed by atoms with Crippen molar-refractivity contribution >= 4 is 0 Å². The lowest BCUT2D eigenvalue weighted by Crippen LogP contribution is -2.33. The first-order chi connectivity index (χ1) is 10.2. The van der Waals surface area contributed by atoms with Gasteiger partial charge in [-0.3, -0.25) is 0 Å². The number of alkyl halides is 1. The summed E-state index contributed by atoms with van der Waals surface area (Å²) in [6, 6.07) is 0. The largest absolute Gasteiger partial charge is 0.244 e. The van der Waals surface area contributed by atoms with Crippen molar-refractivity contribution in [1.82, 2.24) is 0 Å². The van der Waals surface area contributed by atoms with Crippen LogP contribution in [0.5, 0.6) is 0 Å². The molecule has 2 aliphatic rings. The highest BCUT2D eigenvalue weighted by Gasteiger charge is 2.37. The van der Waals surface area contributed by atoms with Crippen molar-refractivity contribution in [2.45, 2.75) is 109 Å². The molecule has 0 radical (unpaired) electrons. The third kappa shape index (κ3) is 5.25. The fraction of sp³-hybridized carbons (Fsp3) is 1.00. The van der Waals surface area contributed by atoms with E-state index in [0.29, 0.717) is 0 Å². The van der Waals surface area contributed by atoms with Crippen LogP contribution in [-0.2, 0) is 0 Å². The van der Waals surface area contributed by atoms with Crippen LogP contribution in [0.15, 0.2) is 0 Å². The van der Waals surface area contributed by atoms with Crippen molar-refractivity contribution in [1.29, 1.82) is 0 Å². The fourth-order valence-corrected chi connectivity index (χ4v) is 4.96. The second-order valence-electron chi connectivity index (χ2n) is 8.01. The van der Waals surface area contributed by atoms with Gasteiger partial charge in [-0.15, -0.1) is 0 Å². The Morgan fingerprint density at radius 1 is 0.810 bits per heavy atom. The standard InChI is InChI=1S/C20H37F/c1-3-5-6-7-17-8-10-18(11-9-17)19-12-15-20(21,14-4-2)16-13-19/h17-19H,3-16H2,1-2H3. The maximum atomic E-state index is 14.5. The molecule has 0 spiro atoms. The molecule has 1 heteroatoms. The summed E-state index contributed by atoms with van der Waals surface area (Å²) in [4.78, 5) is 0. The van der Waals surface area contributed by atoms with E-state index in [-0.39, 0.29) is 0 Å². The third-order valence-electron chi connectivity index (χ3n) is 6.40. The normalized spacial score (nSPS) is 37.6. The molecule has 0 atom stereocenters. The second kappa shape index (κ2) is 8.53. The molecule has 0 aliphatic heterocycles. The number of unbranched alkanes of at least 4 members (excludes halogenated alkanes) is 2. The Morgan fingerprint density at radius 3 is 2.00 bits per heavy atom. The van der Waals surface area contributed by atoms with Gasteiger partial charge in [-0.25, -0.2) is 4.39 Å². The van der Waals surface area contributed by atoms with Crippen LogP contribution in [0.25, 0.3) is 0 Å². The zero-order chi connectivity index (χ0) is 15.1. The van der Waals surface area contributed by atoms with Gasteiger partial charge in [0.1, 0.15) is 5.67 Å². The molecule has 0 aromatic heterocycles. The summed E-state index contributed by atoms with van der Waals surface area (Å²) in [5.74, 6) is 2.79. The molecule has 124 valence electrons. The molecule has 21 heavy (non-hydrogen) atoms. The van der Waals surface area contributed by atoms with Gasteiger partial charge in [0.2, 0.25) is 0 Å². The van der Waals surface area contributed by atoms with Crippen molar-refractivity contribution < 1.29 is 4.39 Å². The summed E-state index contributed by atoms with van der Waals surface area (Å²) >= 11 is 0. The van der Waals surface area contributed by atoms with Crippen LogP contribution in [0.3, 0.4) is 0 Å². The lowest BCUT2D eigenvalue weighted by molar-refractivity contribution is 0.0470. The first-order valence-electron chi connectivity index (χ1n) is 9.85. The van der Waals surface area contributed by atoms with Crippen LogP contribution >= 0.6 is 0 Å². The van der Waals surface area contributed by atoms with Crippen LogP contribution in [0, 0.1) is 17.8 Å². The Balaban J connectivity index is 1.67. The minimum atomic E-state index is -0.803. The van der Waals surface area contributed by atoms with Crippen molar-refractivity contribution in [2.75, 3.05) is 0 Å². The molecule has 0 amide bonds. The van der Waals surface area contributed by atoms with Gasteiger partial charge in [0.15, 0.2) is 0 Å². The van der Waals surface area contributed by atoms with Crippen LogP contribution in [0.2, 0.25) is 0 Å². The first-order valence-corrected chi connectivity index (χ1v) is 9.85. The average Bonchev–Trinajstić information content (AvgIpc) is 2.49. The molecule has 2 saturated carbocycles.